The second kappa shape index (κ2) is 5.96. The molecular weight excluding hydrogens is 279 g/mol. The Balaban J connectivity index is 3.00. The summed E-state index contributed by atoms with van der Waals surface area (Å²) in [5.74, 6) is -1.77. The Hall–Kier alpha value is -0.940. The molecule has 0 aliphatic carbocycles. The summed E-state index contributed by atoms with van der Waals surface area (Å²) in [5, 5.41) is 8.96. The van der Waals surface area contributed by atoms with E-state index in [9.17, 15) is 9.18 Å². The largest absolute Gasteiger partial charge is 0.479 e. The highest BCUT2D eigenvalue weighted by atomic mass is 79.9. The van der Waals surface area contributed by atoms with Crippen molar-refractivity contribution >= 4 is 21.9 Å². The summed E-state index contributed by atoms with van der Waals surface area (Å²) < 4.78 is 19.2. The molecule has 1 rings (SSSR count). The number of aliphatic carboxylic acids is 1. The van der Waals surface area contributed by atoms with Crippen LogP contribution in [0, 0.1) is 5.82 Å². The summed E-state index contributed by atoms with van der Waals surface area (Å²) in [6.45, 7) is 2.14. The molecule has 16 heavy (non-hydrogen) atoms. The van der Waals surface area contributed by atoms with Gasteiger partial charge in [-0.05, 0) is 24.6 Å². The summed E-state index contributed by atoms with van der Waals surface area (Å²) in [4.78, 5) is 11.0. The fourth-order valence-electron chi connectivity index (χ4n) is 1.25. The number of halogens is 2. The third-order valence-corrected chi connectivity index (χ3v) is 2.45. The van der Waals surface area contributed by atoms with Crippen molar-refractivity contribution in [1.29, 1.82) is 0 Å². The standard InChI is InChI=1S/C11H12BrFO3/c1-2-5-16-10(11(14)15)8-6-7(12)3-4-9(8)13/h3-4,6,10H,2,5H2,1H3,(H,14,15). The minimum Gasteiger partial charge on any atom is -0.479 e. The molecule has 3 nitrogen and oxygen atoms in total. The maximum absolute atomic E-state index is 13.4. The van der Waals surface area contributed by atoms with Crippen LogP contribution in [0.2, 0.25) is 0 Å². The van der Waals surface area contributed by atoms with E-state index in [2.05, 4.69) is 15.9 Å². The smallest absolute Gasteiger partial charge is 0.337 e. The number of hydrogen-bond acceptors (Lipinski definition) is 2. The third kappa shape index (κ3) is 3.28. The Kier molecular flexibility index (Phi) is 4.89. The predicted molar refractivity (Wildman–Crippen MR) is 60.7 cm³/mol. The van der Waals surface area contributed by atoms with Crippen LogP contribution in [0.1, 0.15) is 25.0 Å². The minimum atomic E-state index is -1.25. The van der Waals surface area contributed by atoms with Crippen molar-refractivity contribution in [3.63, 3.8) is 0 Å². The highest BCUT2D eigenvalue weighted by Gasteiger charge is 2.23. The van der Waals surface area contributed by atoms with Crippen LogP contribution < -0.4 is 0 Å². The third-order valence-electron chi connectivity index (χ3n) is 1.95. The van der Waals surface area contributed by atoms with Gasteiger partial charge in [0.15, 0.2) is 6.10 Å². The summed E-state index contributed by atoms with van der Waals surface area (Å²) in [5.41, 5.74) is 0.0373. The molecule has 0 fully saturated rings. The van der Waals surface area contributed by atoms with Crippen LogP contribution >= 0.6 is 15.9 Å². The fraction of sp³-hybridized carbons (Fsp3) is 0.364. The number of hydrogen-bond donors (Lipinski definition) is 1. The van der Waals surface area contributed by atoms with E-state index < -0.39 is 17.9 Å². The summed E-state index contributed by atoms with van der Waals surface area (Å²) >= 11 is 3.17. The van der Waals surface area contributed by atoms with Crippen molar-refractivity contribution in [2.24, 2.45) is 0 Å². The molecule has 0 bridgehead atoms. The van der Waals surface area contributed by atoms with Gasteiger partial charge in [-0.15, -0.1) is 0 Å². The van der Waals surface area contributed by atoms with Crippen LogP contribution in [-0.4, -0.2) is 17.7 Å². The van der Waals surface area contributed by atoms with Gasteiger partial charge >= 0.3 is 5.97 Å². The van der Waals surface area contributed by atoms with Crippen molar-refractivity contribution in [2.45, 2.75) is 19.4 Å². The van der Waals surface area contributed by atoms with E-state index in [1.54, 1.807) is 0 Å². The molecule has 1 aromatic rings. The minimum absolute atomic E-state index is 0.0373. The lowest BCUT2D eigenvalue weighted by Crippen LogP contribution is -2.17. The first-order valence-electron chi connectivity index (χ1n) is 4.85. The number of carboxylic acids is 1. The SMILES string of the molecule is CCCOC(C(=O)O)c1cc(Br)ccc1F. The van der Waals surface area contributed by atoms with Crippen LogP contribution in [0.25, 0.3) is 0 Å². The molecule has 0 spiro atoms. The van der Waals surface area contributed by atoms with Gasteiger partial charge in [-0.3, -0.25) is 0 Å². The molecule has 0 aliphatic heterocycles. The van der Waals surface area contributed by atoms with E-state index in [4.69, 9.17) is 9.84 Å². The predicted octanol–water partition coefficient (Wildman–Crippen LogP) is 3.14. The van der Waals surface area contributed by atoms with Crippen LogP contribution in [0.5, 0.6) is 0 Å². The Morgan fingerprint density at radius 2 is 2.31 bits per heavy atom. The quantitative estimate of drug-likeness (QED) is 0.906. The zero-order chi connectivity index (χ0) is 12.1. The van der Waals surface area contributed by atoms with E-state index >= 15 is 0 Å². The van der Waals surface area contributed by atoms with Crippen LogP contribution in [-0.2, 0) is 9.53 Å². The summed E-state index contributed by atoms with van der Waals surface area (Å²) in [6, 6.07) is 4.14. The molecule has 0 aliphatic rings. The van der Waals surface area contributed by atoms with Crippen molar-refractivity contribution in [3.8, 4) is 0 Å². The highest BCUT2D eigenvalue weighted by Crippen LogP contribution is 2.24. The van der Waals surface area contributed by atoms with Gasteiger partial charge in [0.05, 0.1) is 0 Å². The number of carbonyl (C=O) groups is 1. The molecule has 1 atom stereocenters. The molecule has 1 N–H and O–H groups in total. The van der Waals surface area contributed by atoms with E-state index in [1.807, 2.05) is 6.92 Å². The van der Waals surface area contributed by atoms with Gasteiger partial charge in [-0.25, -0.2) is 9.18 Å². The van der Waals surface area contributed by atoms with Crippen molar-refractivity contribution in [1.82, 2.24) is 0 Å². The van der Waals surface area contributed by atoms with Gasteiger partial charge < -0.3 is 9.84 Å². The Morgan fingerprint density at radius 3 is 2.88 bits per heavy atom. The number of benzene rings is 1. The zero-order valence-corrected chi connectivity index (χ0v) is 10.3. The Bertz CT molecular complexity index is 381. The highest BCUT2D eigenvalue weighted by molar-refractivity contribution is 9.10. The monoisotopic (exact) mass is 290 g/mol. The average molecular weight is 291 g/mol. The van der Waals surface area contributed by atoms with Gasteiger partial charge in [0, 0.05) is 16.6 Å². The van der Waals surface area contributed by atoms with E-state index in [0.717, 1.165) is 0 Å². The van der Waals surface area contributed by atoms with Gasteiger partial charge in [0.1, 0.15) is 5.82 Å². The topological polar surface area (TPSA) is 46.5 Å². The second-order valence-electron chi connectivity index (χ2n) is 3.25. The van der Waals surface area contributed by atoms with Crippen molar-refractivity contribution < 1.29 is 19.0 Å². The molecule has 1 aromatic carbocycles. The van der Waals surface area contributed by atoms with Crippen LogP contribution in [0.15, 0.2) is 22.7 Å². The molecule has 1 unspecified atom stereocenters. The lowest BCUT2D eigenvalue weighted by molar-refractivity contribution is -0.151. The van der Waals surface area contributed by atoms with Gasteiger partial charge in [0.2, 0.25) is 0 Å². The molecule has 0 amide bonds. The Labute approximate surface area is 101 Å². The second-order valence-corrected chi connectivity index (χ2v) is 4.17. The van der Waals surface area contributed by atoms with Gasteiger partial charge in [-0.1, -0.05) is 22.9 Å². The number of ether oxygens (including phenoxy) is 1. The molecule has 0 aromatic heterocycles. The number of carboxylic acid groups (broad SMARTS) is 1. The first-order chi connectivity index (χ1) is 7.56. The lowest BCUT2D eigenvalue weighted by atomic mass is 10.1. The van der Waals surface area contributed by atoms with Crippen LogP contribution in [0.3, 0.4) is 0 Å². The van der Waals surface area contributed by atoms with Gasteiger partial charge in [0.25, 0.3) is 0 Å². The molecule has 0 radical (unpaired) electrons. The van der Waals surface area contributed by atoms with Crippen molar-refractivity contribution in [2.75, 3.05) is 6.61 Å². The molecule has 0 saturated carbocycles. The lowest BCUT2D eigenvalue weighted by Gasteiger charge is -2.14. The molecule has 0 heterocycles. The Morgan fingerprint density at radius 1 is 1.62 bits per heavy atom. The average Bonchev–Trinajstić information content (AvgIpc) is 2.23. The number of rotatable bonds is 5. The zero-order valence-electron chi connectivity index (χ0n) is 8.74. The summed E-state index contributed by atoms with van der Waals surface area (Å²) in [6.07, 6.45) is -0.572. The maximum Gasteiger partial charge on any atom is 0.337 e. The molecule has 5 heteroatoms. The maximum atomic E-state index is 13.4. The fourth-order valence-corrected chi connectivity index (χ4v) is 1.62. The molecular formula is C11H12BrFO3. The normalized spacial score (nSPS) is 12.4. The molecule has 88 valence electrons. The summed E-state index contributed by atoms with van der Waals surface area (Å²) in [7, 11) is 0. The first-order valence-corrected chi connectivity index (χ1v) is 5.65. The van der Waals surface area contributed by atoms with Crippen molar-refractivity contribution in [3.05, 3.63) is 34.1 Å². The van der Waals surface area contributed by atoms with E-state index in [0.29, 0.717) is 10.9 Å². The first kappa shape index (κ1) is 13.1. The van der Waals surface area contributed by atoms with E-state index in [1.165, 1.54) is 18.2 Å². The van der Waals surface area contributed by atoms with E-state index in [-0.39, 0.29) is 12.2 Å². The van der Waals surface area contributed by atoms with Crippen LogP contribution in [0.4, 0.5) is 4.39 Å². The van der Waals surface area contributed by atoms with Gasteiger partial charge in [-0.2, -0.15) is 0 Å². The molecule has 0 saturated heterocycles.